The lowest BCUT2D eigenvalue weighted by molar-refractivity contribution is -0.125. The Balaban J connectivity index is 1.91. The smallest absolute Gasteiger partial charge is 0.235 e. The monoisotopic (exact) mass is 303 g/mol. The second-order valence-corrected chi connectivity index (χ2v) is 5.56. The summed E-state index contributed by atoms with van der Waals surface area (Å²) in [5.41, 5.74) is 0.779. The van der Waals surface area contributed by atoms with Crippen molar-refractivity contribution in [2.75, 3.05) is 18.5 Å². The molecule has 0 saturated carbocycles. The molecule has 5 nitrogen and oxygen atoms in total. The number of nitrogens with zero attached hydrogens (tertiary/aromatic N) is 2. The van der Waals surface area contributed by atoms with E-state index in [0.29, 0.717) is 31.7 Å². The molecule has 0 bridgehead atoms. The van der Waals surface area contributed by atoms with Crippen molar-refractivity contribution in [3.8, 4) is 0 Å². The average molecular weight is 303 g/mol. The zero-order chi connectivity index (χ0) is 15.6. The number of rotatable bonds is 3. The van der Waals surface area contributed by atoms with Gasteiger partial charge in [-0.25, -0.2) is 4.39 Å². The van der Waals surface area contributed by atoms with Crippen LogP contribution in [0.4, 0.5) is 10.1 Å². The first-order valence-corrected chi connectivity index (χ1v) is 7.24. The molecule has 22 heavy (non-hydrogen) atoms. The third-order valence-corrected chi connectivity index (χ3v) is 4.14. The van der Waals surface area contributed by atoms with E-state index in [-0.39, 0.29) is 11.7 Å². The van der Waals surface area contributed by atoms with Crippen LogP contribution in [0.1, 0.15) is 18.4 Å². The van der Waals surface area contributed by atoms with E-state index in [9.17, 15) is 9.18 Å². The van der Waals surface area contributed by atoms with E-state index in [4.69, 9.17) is 4.74 Å². The first-order chi connectivity index (χ1) is 10.6. The molecule has 1 aromatic carbocycles. The minimum atomic E-state index is -0.693. The number of aromatic nitrogens is 2. The van der Waals surface area contributed by atoms with Gasteiger partial charge in [0, 0.05) is 26.5 Å². The number of hydrogen-bond donors (Lipinski definition) is 1. The Bertz CT molecular complexity index is 660. The molecule has 0 atom stereocenters. The number of carbonyl (C=O) groups is 1. The predicted octanol–water partition coefficient (Wildman–Crippen LogP) is 2.25. The van der Waals surface area contributed by atoms with Gasteiger partial charge in [-0.3, -0.25) is 9.48 Å². The summed E-state index contributed by atoms with van der Waals surface area (Å²) in [6.07, 6.45) is 4.50. The summed E-state index contributed by atoms with van der Waals surface area (Å²) in [7, 11) is 1.79. The molecule has 1 amide bonds. The Hall–Kier alpha value is -2.21. The molecule has 2 aromatic rings. The van der Waals surface area contributed by atoms with Gasteiger partial charge in [-0.2, -0.15) is 5.10 Å². The number of halogens is 1. The first kappa shape index (κ1) is 14.7. The van der Waals surface area contributed by atoms with E-state index < -0.39 is 5.41 Å². The molecular formula is C16H18FN3O2. The van der Waals surface area contributed by atoms with Crippen LogP contribution in [0.2, 0.25) is 0 Å². The standard InChI is InChI=1S/C16H18FN3O2/c1-20-11-14(10-18-20)19-15(21)16(6-8-22-9-7-16)12-2-4-13(17)5-3-12/h2-5,10-11H,6-9H2,1H3,(H,19,21). The van der Waals surface area contributed by atoms with Gasteiger partial charge in [-0.05, 0) is 30.5 Å². The lowest BCUT2D eigenvalue weighted by atomic mass is 9.73. The third kappa shape index (κ3) is 2.74. The Morgan fingerprint density at radius 1 is 1.32 bits per heavy atom. The van der Waals surface area contributed by atoms with Crippen molar-refractivity contribution < 1.29 is 13.9 Å². The highest BCUT2D eigenvalue weighted by Gasteiger charge is 2.41. The normalized spacial score (nSPS) is 17.2. The molecule has 0 spiro atoms. The molecule has 1 fully saturated rings. The molecule has 2 heterocycles. The van der Waals surface area contributed by atoms with Crippen LogP contribution >= 0.6 is 0 Å². The van der Waals surface area contributed by atoms with Crippen molar-refractivity contribution in [3.05, 3.63) is 48.0 Å². The molecule has 1 N–H and O–H groups in total. The van der Waals surface area contributed by atoms with Crippen LogP contribution in [0.5, 0.6) is 0 Å². The molecule has 0 radical (unpaired) electrons. The maximum Gasteiger partial charge on any atom is 0.235 e. The highest BCUT2D eigenvalue weighted by atomic mass is 19.1. The molecule has 6 heteroatoms. The van der Waals surface area contributed by atoms with Gasteiger partial charge in [0.1, 0.15) is 5.82 Å². The highest BCUT2D eigenvalue weighted by molar-refractivity contribution is 5.99. The van der Waals surface area contributed by atoms with Crippen molar-refractivity contribution in [2.24, 2.45) is 7.05 Å². The number of amides is 1. The van der Waals surface area contributed by atoms with Crippen molar-refractivity contribution in [1.82, 2.24) is 9.78 Å². The van der Waals surface area contributed by atoms with Crippen molar-refractivity contribution in [1.29, 1.82) is 0 Å². The second-order valence-electron chi connectivity index (χ2n) is 5.56. The molecular weight excluding hydrogens is 285 g/mol. The molecule has 1 aliphatic heterocycles. The third-order valence-electron chi connectivity index (χ3n) is 4.14. The van der Waals surface area contributed by atoms with Gasteiger partial charge < -0.3 is 10.1 Å². The fourth-order valence-corrected chi connectivity index (χ4v) is 2.87. The number of anilines is 1. The minimum Gasteiger partial charge on any atom is -0.381 e. The lowest BCUT2D eigenvalue weighted by Crippen LogP contribution is -2.44. The van der Waals surface area contributed by atoms with Crippen molar-refractivity contribution in [3.63, 3.8) is 0 Å². The quantitative estimate of drug-likeness (QED) is 0.946. The van der Waals surface area contributed by atoms with E-state index >= 15 is 0 Å². The summed E-state index contributed by atoms with van der Waals surface area (Å²) >= 11 is 0. The van der Waals surface area contributed by atoms with E-state index in [0.717, 1.165) is 5.56 Å². The molecule has 0 unspecified atom stereocenters. The fourth-order valence-electron chi connectivity index (χ4n) is 2.87. The minimum absolute atomic E-state index is 0.101. The van der Waals surface area contributed by atoms with Crippen molar-refractivity contribution in [2.45, 2.75) is 18.3 Å². The lowest BCUT2D eigenvalue weighted by Gasteiger charge is -2.36. The Labute approximate surface area is 128 Å². The summed E-state index contributed by atoms with van der Waals surface area (Å²) in [5, 5.41) is 6.96. The van der Waals surface area contributed by atoms with E-state index in [1.807, 2.05) is 0 Å². The first-order valence-electron chi connectivity index (χ1n) is 7.24. The zero-order valence-corrected chi connectivity index (χ0v) is 12.4. The van der Waals surface area contributed by atoms with Gasteiger partial charge in [0.05, 0.1) is 17.3 Å². The van der Waals surface area contributed by atoms with Gasteiger partial charge in [-0.1, -0.05) is 12.1 Å². The Morgan fingerprint density at radius 3 is 2.59 bits per heavy atom. The summed E-state index contributed by atoms with van der Waals surface area (Å²) in [6, 6.07) is 6.15. The maximum atomic E-state index is 13.2. The molecule has 1 saturated heterocycles. The molecule has 0 aliphatic carbocycles. The number of carbonyl (C=O) groups excluding carboxylic acids is 1. The topological polar surface area (TPSA) is 56.2 Å². The summed E-state index contributed by atoms with van der Waals surface area (Å²) in [5.74, 6) is -0.408. The summed E-state index contributed by atoms with van der Waals surface area (Å²) < 4.78 is 20.2. The van der Waals surface area contributed by atoms with Crippen LogP contribution in [-0.4, -0.2) is 28.9 Å². The zero-order valence-electron chi connectivity index (χ0n) is 12.4. The highest BCUT2D eigenvalue weighted by Crippen LogP contribution is 2.36. The summed E-state index contributed by atoms with van der Waals surface area (Å²) in [6.45, 7) is 1.02. The molecule has 3 rings (SSSR count). The molecule has 1 aromatic heterocycles. The van der Waals surface area contributed by atoms with Crippen molar-refractivity contribution >= 4 is 11.6 Å². The van der Waals surface area contributed by atoms with Crippen LogP contribution in [0.15, 0.2) is 36.7 Å². The van der Waals surface area contributed by atoms with E-state index in [1.165, 1.54) is 12.1 Å². The Kier molecular flexibility index (Phi) is 3.94. The van der Waals surface area contributed by atoms with Crippen LogP contribution in [0, 0.1) is 5.82 Å². The molecule has 1 aliphatic rings. The largest absolute Gasteiger partial charge is 0.381 e. The SMILES string of the molecule is Cn1cc(NC(=O)C2(c3ccc(F)cc3)CCOCC2)cn1. The molecule has 116 valence electrons. The van der Waals surface area contributed by atoms with Crippen LogP contribution in [0.3, 0.4) is 0 Å². The number of aryl methyl sites for hydroxylation is 1. The van der Waals surface area contributed by atoms with Gasteiger partial charge >= 0.3 is 0 Å². The van der Waals surface area contributed by atoms with Crippen LogP contribution in [0.25, 0.3) is 0 Å². The van der Waals surface area contributed by atoms with Gasteiger partial charge in [0.2, 0.25) is 5.91 Å². The number of hydrogen-bond acceptors (Lipinski definition) is 3. The Morgan fingerprint density at radius 2 is 2.00 bits per heavy atom. The second kappa shape index (κ2) is 5.88. The predicted molar refractivity (Wildman–Crippen MR) is 80.0 cm³/mol. The number of ether oxygens (including phenoxy) is 1. The summed E-state index contributed by atoms with van der Waals surface area (Å²) in [4.78, 5) is 12.9. The number of nitrogens with one attached hydrogen (secondary N) is 1. The van der Waals surface area contributed by atoms with Gasteiger partial charge in [0.15, 0.2) is 0 Å². The maximum absolute atomic E-state index is 13.2. The average Bonchev–Trinajstić information content (AvgIpc) is 2.93. The van der Waals surface area contributed by atoms with Crippen LogP contribution in [-0.2, 0) is 22.0 Å². The van der Waals surface area contributed by atoms with E-state index in [2.05, 4.69) is 10.4 Å². The van der Waals surface area contributed by atoms with E-state index in [1.54, 1.807) is 36.3 Å². The fraction of sp³-hybridized carbons (Fsp3) is 0.375. The van der Waals surface area contributed by atoms with Gasteiger partial charge in [0.25, 0.3) is 0 Å². The van der Waals surface area contributed by atoms with Crippen LogP contribution < -0.4 is 5.32 Å². The van der Waals surface area contributed by atoms with Gasteiger partial charge in [-0.15, -0.1) is 0 Å². The number of benzene rings is 1.